The van der Waals surface area contributed by atoms with Crippen LogP contribution < -0.4 is 16.6 Å². The van der Waals surface area contributed by atoms with Crippen LogP contribution in [0.4, 0.5) is 10.1 Å². The van der Waals surface area contributed by atoms with Gasteiger partial charge in [0.1, 0.15) is 23.8 Å². The number of aliphatic imine (C=N–C) groups is 1. The number of amides is 1. The maximum absolute atomic E-state index is 14.4. The summed E-state index contributed by atoms with van der Waals surface area (Å²) in [7, 11) is 0. The van der Waals surface area contributed by atoms with E-state index in [-0.39, 0.29) is 18.0 Å². The zero-order valence-electron chi connectivity index (χ0n) is 15.0. The number of rotatable bonds is 7. The Kier molecular flexibility index (Phi) is 6.19. The minimum Gasteiger partial charge on any atom is -0.483 e. The second-order valence-electron chi connectivity index (χ2n) is 5.82. The van der Waals surface area contributed by atoms with Crippen molar-refractivity contribution in [3.8, 4) is 0 Å². The second-order valence-corrected chi connectivity index (χ2v) is 5.82. The predicted molar refractivity (Wildman–Crippen MR) is 100 cm³/mol. The maximum atomic E-state index is 14.4. The first-order valence-corrected chi connectivity index (χ1v) is 7.95. The van der Waals surface area contributed by atoms with Crippen molar-refractivity contribution in [2.45, 2.75) is 19.4 Å². The first kappa shape index (κ1) is 20.0. The third-order valence-corrected chi connectivity index (χ3v) is 3.80. The van der Waals surface area contributed by atoms with Crippen LogP contribution in [0.3, 0.4) is 0 Å². The molecule has 2 aromatic rings. The number of nitrogens with one attached hydrogen (secondary N) is 2. The van der Waals surface area contributed by atoms with Gasteiger partial charge in [0.25, 0.3) is 11.5 Å². The second kappa shape index (κ2) is 8.37. The third kappa shape index (κ3) is 4.85. The SMILES string of the molecule is C=N[C@@](C)(/C=C(/C)OCN)c1cc(NC(=O)c2c[nH]c(=O)cn2)ccc1F. The minimum absolute atomic E-state index is 0.0113. The lowest BCUT2D eigenvalue weighted by atomic mass is 9.91. The van der Waals surface area contributed by atoms with Crippen LogP contribution in [0.5, 0.6) is 0 Å². The summed E-state index contributed by atoms with van der Waals surface area (Å²) < 4.78 is 19.6. The Labute approximate surface area is 155 Å². The van der Waals surface area contributed by atoms with Crippen molar-refractivity contribution in [2.24, 2.45) is 10.7 Å². The molecule has 1 amide bonds. The van der Waals surface area contributed by atoms with Gasteiger partial charge in [-0.15, -0.1) is 0 Å². The highest BCUT2D eigenvalue weighted by atomic mass is 19.1. The van der Waals surface area contributed by atoms with Gasteiger partial charge >= 0.3 is 0 Å². The molecule has 27 heavy (non-hydrogen) atoms. The highest BCUT2D eigenvalue weighted by molar-refractivity contribution is 6.02. The normalized spacial score (nSPS) is 13.6. The number of ether oxygens (including phenoxy) is 1. The lowest BCUT2D eigenvalue weighted by Crippen LogP contribution is -2.21. The molecular formula is C18H20FN5O3. The number of hydrogen-bond donors (Lipinski definition) is 3. The van der Waals surface area contributed by atoms with Crippen LogP contribution in [0, 0.1) is 5.82 Å². The highest BCUT2D eigenvalue weighted by Crippen LogP contribution is 2.32. The van der Waals surface area contributed by atoms with Gasteiger partial charge in [-0.05, 0) is 44.8 Å². The number of nitrogens with zero attached hydrogens (tertiary/aromatic N) is 2. The van der Waals surface area contributed by atoms with Crippen molar-refractivity contribution in [2.75, 3.05) is 12.0 Å². The molecule has 0 aliphatic rings. The van der Waals surface area contributed by atoms with Crippen LogP contribution in [-0.2, 0) is 10.3 Å². The number of H-pyrrole nitrogens is 1. The monoisotopic (exact) mass is 373 g/mol. The number of carbonyl (C=O) groups is 1. The lowest BCUT2D eigenvalue weighted by molar-refractivity contribution is 0.102. The molecule has 0 saturated heterocycles. The van der Waals surface area contributed by atoms with Gasteiger partial charge in [-0.3, -0.25) is 20.3 Å². The van der Waals surface area contributed by atoms with E-state index in [4.69, 9.17) is 10.5 Å². The van der Waals surface area contributed by atoms with Crippen LogP contribution >= 0.6 is 0 Å². The number of aromatic nitrogens is 2. The van der Waals surface area contributed by atoms with Crippen LogP contribution in [0.1, 0.15) is 29.9 Å². The number of hydrogen-bond acceptors (Lipinski definition) is 6. The zero-order valence-corrected chi connectivity index (χ0v) is 15.0. The topological polar surface area (TPSA) is 122 Å². The van der Waals surface area contributed by atoms with Crippen LogP contribution in [-0.4, -0.2) is 29.3 Å². The molecule has 0 radical (unpaired) electrons. The van der Waals surface area contributed by atoms with Gasteiger partial charge in [0.05, 0.1) is 12.0 Å². The molecule has 0 saturated carbocycles. The average Bonchev–Trinajstić information content (AvgIpc) is 2.63. The summed E-state index contributed by atoms with van der Waals surface area (Å²) >= 11 is 0. The summed E-state index contributed by atoms with van der Waals surface area (Å²) in [6.07, 6.45) is 3.77. The van der Waals surface area contributed by atoms with Crippen molar-refractivity contribution in [3.05, 3.63) is 69.9 Å². The lowest BCUT2D eigenvalue weighted by Gasteiger charge is -2.23. The van der Waals surface area contributed by atoms with Gasteiger partial charge in [0, 0.05) is 17.4 Å². The predicted octanol–water partition coefficient (Wildman–Crippen LogP) is 1.91. The zero-order chi connectivity index (χ0) is 20.0. The van der Waals surface area contributed by atoms with Crippen molar-refractivity contribution < 1.29 is 13.9 Å². The largest absolute Gasteiger partial charge is 0.483 e. The van der Waals surface area contributed by atoms with Crippen molar-refractivity contribution in [3.63, 3.8) is 0 Å². The standard InChI is InChI=1S/C18H20FN5O3/c1-11(27-10-20)7-18(2,21-3)13-6-12(4-5-14(13)19)24-17(26)15-8-23-16(25)9-22-15/h4-9H,3,10,20H2,1-2H3,(H,23,25)(H,24,26)/b11-7-/t18-/m0/s1. The van der Waals surface area contributed by atoms with E-state index in [9.17, 15) is 14.0 Å². The summed E-state index contributed by atoms with van der Waals surface area (Å²) in [5, 5.41) is 2.60. The molecule has 142 valence electrons. The number of benzene rings is 1. The number of aromatic amines is 1. The summed E-state index contributed by atoms with van der Waals surface area (Å²) in [5.41, 5.74) is 4.30. The fourth-order valence-electron chi connectivity index (χ4n) is 2.43. The Morgan fingerprint density at radius 3 is 2.89 bits per heavy atom. The van der Waals surface area contributed by atoms with E-state index >= 15 is 0 Å². The quantitative estimate of drug-likeness (QED) is 0.389. The Balaban J connectivity index is 2.35. The molecular weight excluding hydrogens is 353 g/mol. The third-order valence-electron chi connectivity index (χ3n) is 3.80. The molecule has 1 aromatic carbocycles. The Morgan fingerprint density at radius 1 is 1.56 bits per heavy atom. The molecule has 0 bridgehead atoms. The molecule has 4 N–H and O–H groups in total. The minimum atomic E-state index is -1.14. The van der Waals surface area contributed by atoms with Crippen molar-refractivity contribution in [1.82, 2.24) is 9.97 Å². The Morgan fingerprint density at radius 2 is 2.30 bits per heavy atom. The van der Waals surface area contributed by atoms with Gasteiger partial charge in [-0.25, -0.2) is 9.37 Å². The van der Waals surface area contributed by atoms with E-state index in [0.29, 0.717) is 11.4 Å². The van der Waals surface area contributed by atoms with Gasteiger partial charge in [-0.1, -0.05) is 0 Å². The average molecular weight is 373 g/mol. The van der Waals surface area contributed by atoms with E-state index in [1.807, 2.05) is 0 Å². The number of anilines is 1. The van der Waals surface area contributed by atoms with E-state index < -0.39 is 22.8 Å². The molecule has 1 aromatic heterocycles. The number of nitrogens with two attached hydrogens (primary N) is 1. The van der Waals surface area contributed by atoms with Crippen LogP contribution in [0.2, 0.25) is 0 Å². The van der Waals surface area contributed by atoms with Crippen LogP contribution in [0.25, 0.3) is 0 Å². The van der Waals surface area contributed by atoms with Gasteiger partial charge in [0.2, 0.25) is 0 Å². The molecule has 9 heteroatoms. The molecule has 0 unspecified atom stereocenters. The van der Waals surface area contributed by atoms with E-state index in [0.717, 1.165) is 6.20 Å². The van der Waals surface area contributed by atoms with Gasteiger partial charge < -0.3 is 15.0 Å². The molecule has 0 fully saturated rings. The molecule has 8 nitrogen and oxygen atoms in total. The number of halogens is 1. The molecule has 0 aliphatic heterocycles. The van der Waals surface area contributed by atoms with E-state index in [1.54, 1.807) is 19.9 Å². The summed E-state index contributed by atoms with van der Waals surface area (Å²) in [6, 6.07) is 4.06. The fourth-order valence-corrected chi connectivity index (χ4v) is 2.43. The van der Waals surface area contributed by atoms with E-state index in [1.165, 1.54) is 24.4 Å². The smallest absolute Gasteiger partial charge is 0.275 e. The van der Waals surface area contributed by atoms with Gasteiger partial charge in [0.15, 0.2) is 0 Å². The number of carbonyl (C=O) groups excluding carboxylic acids is 1. The van der Waals surface area contributed by atoms with Crippen molar-refractivity contribution in [1.29, 1.82) is 0 Å². The first-order valence-electron chi connectivity index (χ1n) is 7.95. The Hall–Kier alpha value is -3.33. The molecule has 1 atom stereocenters. The molecule has 0 aliphatic carbocycles. The van der Waals surface area contributed by atoms with E-state index in [2.05, 4.69) is 27.0 Å². The molecule has 2 rings (SSSR count). The summed E-state index contributed by atoms with van der Waals surface area (Å²) in [6.45, 7) is 6.82. The summed E-state index contributed by atoms with van der Waals surface area (Å²) in [5.74, 6) is -0.629. The number of allylic oxidation sites excluding steroid dienone is 1. The van der Waals surface area contributed by atoms with Gasteiger partial charge in [-0.2, -0.15) is 0 Å². The van der Waals surface area contributed by atoms with Crippen LogP contribution in [0.15, 0.2) is 52.2 Å². The first-order chi connectivity index (χ1) is 12.8. The maximum Gasteiger partial charge on any atom is 0.275 e. The summed E-state index contributed by atoms with van der Waals surface area (Å²) in [4.78, 5) is 33.4. The molecule has 1 heterocycles. The Bertz CT molecular complexity index is 920. The molecule has 0 spiro atoms. The highest BCUT2D eigenvalue weighted by Gasteiger charge is 2.27. The fraction of sp³-hybridized carbons (Fsp3) is 0.222. The van der Waals surface area contributed by atoms with Crippen molar-refractivity contribution >= 4 is 18.3 Å².